The molecular formula is C17H29NO6. The van der Waals surface area contributed by atoms with Crippen LogP contribution in [0.15, 0.2) is 0 Å². The second-order valence-electron chi connectivity index (χ2n) is 7.92. The summed E-state index contributed by atoms with van der Waals surface area (Å²) in [5.74, 6) is -2.99. The van der Waals surface area contributed by atoms with Gasteiger partial charge in [-0.1, -0.05) is 13.8 Å². The number of Topliss-reactive ketones (excluding diaryl/α,β-unsaturated/α-hetero) is 1. The maximum Gasteiger partial charge on any atom is 0.408 e. The molecule has 1 amide bonds. The van der Waals surface area contributed by atoms with Crippen molar-refractivity contribution in [1.82, 2.24) is 5.32 Å². The highest BCUT2D eigenvalue weighted by atomic mass is 16.7. The maximum absolute atomic E-state index is 12.7. The molecule has 0 radical (unpaired) electrons. The molecule has 0 saturated carbocycles. The van der Waals surface area contributed by atoms with Gasteiger partial charge in [0.05, 0.1) is 12.6 Å². The minimum absolute atomic E-state index is 0.0603. The van der Waals surface area contributed by atoms with Crippen LogP contribution in [0.1, 0.15) is 54.9 Å². The molecule has 1 aliphatic heterocycles. The van der Waals surface area contributed by atoms with E-state index >= 15 is 0 Å². The Balaban J connectivity index is 2.82. The molecule has 0 aromatic heterocycles. The van der Waals surface area contributed by atoms with Crippen LogP contribution in [0.2, 0.25) is 0 Å². The average Bonchev–Trinajstić information content (AvgIpc) is 2.33. The van der Waals surface area contributed by atoms with Crippen molar-refractivity contribution >= 4 is 17.8 Å². The predicted molar refractivity (Wildman–Crippen MR) is 87.2 cm³/mol. The fourth-order valence-electron chi connectivity index (χ4n) is 2.30. The molecule has 1 unspecified atom stereocenters. The minimum atomic E-state index is -1.04. The SMILES string of the molecule is CC(C)C[C@H](NC(=O)OC(C)(C)C)C(=O)C1COC(C)(C)OC1=O. The van der Waals surface area contributed by atoms with E-state index in [-0.39, 0.29) is 12.5 Å². The molecule has 1 heterocycles. The van der Waals surface area contributed by atoms with Gasteiger partial charge in [-0.05, 0) is 33.1 Å². The van der Waals surface area contributed by atoms with Gasteiger partial charge in [-0.25, -0.2) is 4.79 Å². The van der Waals surface area contributed by atoms with Crippen molar-refractivity contribution in [2.75, 3.05) is 6.61 Å². The quantitative estimate of drug-likeness (QED) is 0.609. The van der Waals surface area contributed by atoms with Crippen LogP contribution in [0.25, 0.3) is 0 Å². The fourth-order valence-corrected chi connectivity index (χ4v) is 2.30. The lowest BCUT2D eigenvalue weighted by Crippen LogP contribution is -2.52. The van der Waals surface area contributed by atoms with Crippen molar-refractivity contribution in [2.24, 2.45) is 11.8 Å². The normalized spacial score (nSPS) is 21.8. The van der Waals surface area contributed by atoms with Gasteiger partial charge in [-0.15, -0.1) is 0 Å². The van der Waals surface area contributed by atoms with Crippen LogP contribution < -0.4 is 5.32 Å². The number of hydrogen-bond donors (Lipinski definition) is 1. The molecule has 1 saturated heterocycles. The second kappa shape index (κ2) is 7.51. The van der Waals surface area contributed by atoms with Gasteiger partial charge in [0, 0.05) is 13.8 Å². The van der Waals surface area contributed by atoms with Crippen LogP contribution in [0, 0.1) is 11.8 Å². The molecular weight excluding hydrogens is 314 g/mol. The summed E-state index contributed by atoms with van der Waals surface area (Å²) >= 11 is 0. The summed E-state index contributed by atoms with van der Waals surface area (Å²) in [6.45, 7) is 12.2. The summed E-state index contributed by atoms with van der Waals surface area (Å²) in [6.07, 6.45) is -0.294. The largest absolute Gasteiger partial charge is 0.444 e. The number of carbonyl (C=O) groups is 3. The van der Waals surface area contributed by atoms with E-state index in [9.17, 15) is 14.4 Å². The molecule has 138 valence electrons. The van der Waals surface area contributed by atoms with E-state index in [1.165, 1.54) is 0 Å². The highest BCUT2D eigenvalue weighted by molar-refractivity contribution is 6.03. The maximum atomic E-state index is 12.7. The van der Waals surface area contributed by atoms with Crippen LogP contribution in [-0.4, -0.2) is 41.9 Å². The third kappa shape index (κ3) is 6.47. The first-order valence-electron chi connectivity index (χ1n) is 8.21. The smallest absolute Gasteiger partial charge is 0.408 e. The molecule has 0 bridgehead atoms. The molecule has 24 heavy (non-hydrogen) atoms. The van der Waals surface area contributed by atoms with E-state index < -0.39 is 41.2 Å². The Morgan fingerprint density at radius 1 is 1.33 bits per heavy atom. The van der Waals surface area contributed by atoms with Gasteiger partial charge in [0.1, 0.15) is 11.5 Å². The van der Waals surface area contributed by atoms with Crippen LogP contribution >= 0.6 is 0 Å². The van der Waals surface area contributed by atoms with Gasteiger partial charge in [0.25, 0.3) is 0 Å². The Morgan fingerprint density at radius 2 is 1.92 bits per heavy atom. The first-order chi connectivity index (χ1) is 10.8. The van der Waals surface area contributed by atoms with Gasteiger partial charge >= 0.3 is 12.1 Å². The standard InChI is InChI=1S/C17H29NO6/c1-10(2)8-12(18-15(21)24-16(3,4)5)13(19)11-9-22-17(6,7)23-14(11)20/h10-12H,8-9H2,1-7H3,(H,18,21)/t11?,12-/m0/s1. The number of ether oxygens (including phenoxy) is 3. The van der Waals surface area contributed by atoms with Crippen molar-refractivity contribution in [2.45, 2.75) is 72.3 Å². The van der Waals surface area contributed by atoms with Gasteiger partial charge in [-0.3, -0.25) is 9.59 Å². The summed E-state index contributed by atoms with van der Waals surface area (Å²) in [7, 11) is 0. The number of amides is 1. The highest BCUT2D eigenvalue weighted by Crippen LogP contribution is 2.24. The van der Waals surface area contributed by atoms with Crippen LogP contribution in [0.3, 0.4) is 0 Å². The third-order valence-electron chi connectivity index (χ3n) is 3.31. The van der Waals surface area contributed by atoms with E-state index in [0.29, 0.717) is 6.42 Å². The Kier molecular flexibility index (Phi) is 6.38. The number of cyclic esters (lactones) is 1. The molecule has 1 aliphatic rings. The van der Waals surface area contributed by atoms with Crippen LogP contribution in [-0.2, 0) is 23.8 Å². The Hall–Kier alpha value is -1.63. The lowest BCUT2D eigenvalue weighted by molar-refractivity contribution is -0.246. The Morgan fingerprint density at radius 3 is 2.38 bits per heavy atom. The summed E-state index contributed by atoms with van der Waals surface area (Å²) in [6, 6.07) is -0.831. The zero-order valence-corrected chi connectivity index (χ0v) is 15.6. The van der Waals surface area contributed by atoms with Gasteiger partial charge in [-0.2, -0.15) is 0 Å². The van der Waals surface area contributed by atoms with Crippen LogP contribution in [0.4, 0.5) is 4.79 Å². The van der Waals surface area contributed by atoms with E-state index in [1.54, 1.807) is 34.6 Å². The highest BCUT2D eigenvalue weighted by Gasteiger charge is 2.42. The topological polar surface area (TPSA) is 90.9 Å². The summed E-state index contributed by atoms with van der Waals surface area (Å²) in [5, 5.41) is 2.57. The molecule has 7 heteroatoms. The molecule has 1 fully saturated rings. The Labute approximate surface area is 143 Å². The zero-order chi connectivity index (χ0) is 18.7. The first kappa shape index (κ1) is 20.4. The first-order valence-corrected chi connectivity index (χ1v) is 8.21. The van der Waals surface area contributed by atoms with Crippen molar-refractivity contribution in [3.05, 3.63) is 0 Å². The lowest BCUT2D eigenvalue weighted by atomic mass is 9.92. The number of ketones is 1. The fraction of sp³-hybridized carbons (Fsp3) is 0.824. The van der Waals surface area contributed by atoms with E-state index in [2.05, 4.69) is 5.32 Å². The van der Waals surface area contributed by atoms with Crippen molar-refractivity contribution in [3.8, 4) is 0 Å². The zero-order valence-electron chi connectivity index (χ0n) is 15.6. The molecule has 0 aliphatic carbocycles. The predicted octanol–water partition coefficient (Wildman–Crippen LogP) is 2.42. The van der Waals surface area contributed by atoms with Crippen molar-refractivity contribution in [1.29, 1.82) is 0 Å². The second-order valence-corrected chi connectivity index (χ2v) is 7.92. The number of alkyl carbamates (subject to hydrolysis) is 1. The molecule has 0 aromatic rings. The average molecular weight is 343 g/mol. The molecule has 0 aromatic carbocycles. The summed E-state index contributed by atoms with van der Waals surface area (Å²) in [5.41, 5.74) is -0.674. The number of nitrogens with one attached hydrogen (secondary N) is 1. The number of hydrogen-bond acceptors (Lipinski definition) is 6. The van der Waals surface area contributed by atoms with Gasteiger partial charge in [0.2, 0.25) is 5.79 Å². The molecule has 7 nitrogen and oxygen atoms in total. The summed E-state index contributed by atoms with van der Waals surface area (Å²) < 4.78 is 15.7. The molecule has 2 atom stereocenters. The van der Waals surface area contributed by atoms with Crippen molar-refractivity contribution < 1.29 is 28.6 Å². The number of carbonyl (C=O) groups excluding carboxylic acids is 3. The molecule has 1 N–H and O–H groups in total. The summed E-state index contributed by atoms with van der Waals surface area (Å²) in [4.78, 5) is 36.8. The van der Waals surface area contributed by atoms with Crippen molar-refractivity contribution in [3.63, 3.8) is 0 Å². The van der Waals surface area contributed by atoms with Gasteiger partial charge < -0.3 is 19.5 Å². The third-order valence-corrected chi connectivity index (χ3v) is 3.31. The van der Waals surface area contributed by atoms with Crippen LogP contribution in [0.5, 0.6) is 0 Å². The molecule has 0 spiro atoms. The number of rotatable bonds is 5. The van der Waals surface area contributed by atoms with E-state index in [4.69, 9.17) is 14.2 Å². The minimum Gasteiger partial charge on any atom is -0.444 e. The van der Waals surface area contributed by atoms with E-state index in [1.807, 2.05) is 13.8 Å². The lowest BCUT2D eigenvalue weighted by Gasteiger charge is -2.34. The number of esters is 1. The van der Waals surface area contributed by atoms with Gasteiger partial charge in [0.15, 0.2) is 5.78 Å². The molecule has 1 rings (SSSR count). The monoisotopic (exact) mass is 343 g/mol. The van der Waals surface area contributed by atoms with E-state index in [0.717, 1.165) is 0 Å². The Bertz CT molecular complexity index is 492.